The lowest BCUT2D eigenvalue weighted by Gasteiger charge is -1.97. The maximum absolute atomic E-state index is 11.0. The number of nitrogen functional groups attached to an aromatic ring is 1. The quantitative estimate of drug-likeness (QED) is 0.610. The SMILES string of the molecule is CCCC(=O)Nc1cnn(N)n1. The number of carbonyl (C=O) groups excluding carboxylic acids is 1. The van der Waals surface area contributed by atoms with Gasteiger partial charge in [-0.1, -0.05) is 11.8 Å². The third kappa shape index (κ3) is 2.22. The fourth-order valence-electron chi connectivity index (χ4n) is 0.766. The molecule has 0 aliphatic carbocycles. The Bertz CT molecular complexity index is 269. The van der Waals surface area contributed by atoms with Gasteiger partial charge in [-0.3, -0.25) is 4.79 Å². The van der Waals surface area contributed by atoms with E-state index in [9.17, 15) is 4.79 Å². The molecule has 0 spiro atoms. The zero-order chi connectivity index (χ0) is 8.97. The van der Waals surface area contributed by atoms with Crippen molar-refractivity contribution < 1.29 is 4.79 Å². The van der Waals surface area contributed by atoms with Crippen molar-refractivity contribution in [2.45, 2.75) is 19.8 Å². The average Bonchev–Trinajstić information content (AvgIpc) is 2.36. The van der Waals surface area contributed by atoms with Crippen LogP contribution in [0, 0.1) is 0 Å². The lowest BCUT2D eigenvalue weighted by Crippen LogP contribution is -2.14. The van der Waals surface area contributed by atoms with E-state index >= 15 is 0 Å². The molecule has 1 amide bonds. The molecule has 1 heterocycles. The zero-order valence-corrected chi connectivity index (χ0v) is 6.82. The molecule has 1 aromatic rings. The predicted octanol–water partition coefficient (Wildman–Crippen LogP) is -0.270. The number of carbonyl (C=O) groups is 1. The van der Waals surface area contributed by atoms with Gasteiger partial charge in [0.1, 0.15) is 0 Å². The second-order valence-electron chi connectivity index (χ2n) is 2.35. The topological polar surface area (TPSA) is 85.8 Å². The molecular formula is C6H11N5O. The Balaban J connectivity index is 2.46. The molecule has 0 aromatic carbocycles. The van der Waals surface area contributed by atoms with Crippen LogP contribution in [0.25, 0.3) is 0 Å². The summed E-state index contributed by atoms with van der Waals surface area (Å²) in [4.78, 5) is 11.9. The Morgan fingerprint density at radius 3 is 3.08 bits per heavy atom. The average molecular weight is 169 g/mol. The first-order valence-electron chi connectivity index (χ1n) is 3.69. The highest BCUT2D eigenvalue weighted by molar-refractivity contribution is 5.89. The summed E-state index contributed by atoms with van der Waals surface area (Å²) in [5, 5.41) is 9.83. The Kier molecular flexibility index (Phi) is 2.62. The summed E-state index contributed by atoms with van der Waals surface area (Å²) in [6.45, 7) is 1.93. The number of amides is 1. The van der Waals surface area contributed by atoms with Gasteiger partial charge in [0.15, 0.2) is 5.82 Å². The van der Waals surface area contributed by atoms with Crippen LogP contribution in [-0.4, -0.2) is 21.0 Å². The van der Waals surface area contributed by atoms with Crippen molar-refractivity contribution in [3.63, 3.8) is 0 Å². The molecule has 0 radical (unpaired) electrons. The summed E-state index contributed by atoms with van der Waals surface area (Å²) in [7, 11) is 0. The Morgan fingerprint density at radius 2 is 2.58 bits per heavy atom. The van der Waals surface area contributed by atoms with E-state index in [1.165, 1.54) is 6.20 Å². The summed E-state index contributed by atoms with van der Waals surface area (Å²) in [5.74, 6) is 5.49. The van der Waals surface area contributed by atoms with E-state index in [0.717, 1.165) is 11.3 Å². The Labute approximate surface area is 69.7 Å². The maximum Gasteiger partial charge on any atom is 0.225 e. The molecule has 0 fully saturated rings. The molecule has 6 nitrogen and oxygen atoms in total. The molecule has 6 heteroatoms. The summed E-state index contributed by atoms with van der Waals surface area (Å²) in [6, 6.07) is 0. The normalized spacial score (nSPS) is 9.75. The molecule has 66 valence electrons. The second-order valence-corrected chi connectivity index (χ2v) is 2.35. The van der Waals surface area contributed by atoms with Crippen LogP contribution < -0.4 is 11.2 Å². The van der Waals surface area contributed by atoms with Crippen molar-refractivity contribution in [3.05, 3.63) is 6.20 Å². The lowest BCUT2D eigenvalue weighted by atomic mass is 10.3. The molecule has 0 aliphatic rings. The first kappa shape index (κ1) is 8.51. The smallest absolute Gasteiger partial charge is 0.225 e. The lowest BCUT2D eigenvalue weighted by molar-refractivity contribution is -0.116. The summed E-state index contributed by atoms with van der Waals surface area (Å²) < 4.78 is 0. The summed E-state index contributed by atoms with van der Waals surface area (Å²) in [5.41, 5.74) is 0. The highest BCUT2D eigenvalue weighted by atomic mass is 16.1. The van der Waals surface area contributed by atoms with Gasteiger partial charge in [0.25, 0.3) is 0 Å². The molecule has 0 saturated heterocycles. The van der Waals surface area contributed by atoms with Gasteiger partial charge in [0, 0.05) is 6.42 Å². The molecule has 1 aromatic heterocycles. The number of hydrogen-bond donors (Lipinski definition) is 2. The van der Waals surface area contributed by atoms with E-state index in [1.54, 1.807) is 0 Å². The molecule has 0 saturated carbocycles. The minimum absolute atomic E-state index is 0.0713. The predicted molar refractivity (Wildman–Crippen MR) is 43.7 cm³/mol. The van der Waals surface area contributed by atoms with Crippen molar-refractivity contribution in [2.75, 3.05) is 11.2 Å². The van der Waals surface area contributed by atoms with Crippen LogP contribution in [0.4, 0.5) is 5.82 Å². The van der Waals surface area contributed by atoms with Gasteiger partial charge in [-0.05, 0) is 6.42 Å². The van der Waals surface area contributed by atoms with E-state index in [0.29, 0.717) is 12.2 Å². The molecule has 0 bridgehead atoms. The van der Waals surface area contributed by atoms with Gasteiger partial charge in [0.05, 0.1) is 6.20 Å². The summed E-state index contributed by atoms with van der Waals surface area (Å²) >= 11 is 0. The van der Waals surface area contributed by atoms with Crippen molar-refractivity contribution in [3.8, 4) is 0 Å². The number of nitrogens with one attached hydrogen (secondary N) is 1. The van der Waals surface area contributed by atoms with Crippen LogP contribution in [0.1, 0.15) is 19.8 Å². The van der Waals surface area contributed by atoms with Gasteiger partial charge in [-0.25, -0.2) is 0 Å². The van der Waals surface area contributed by atoms with E-state index in [-0.39, 0.29) is 5.91 Å². The number of anilines is 1. The fraction of sp³-hybridized carbons (Fsp3) is 0.500. The molecule has 0 atom stereocenters. The number of nitrogens with zero attached hydrogens (tertiary/aromatic N) is 3. The maximum atomic E-state index is 11.0. The third-order valence-corrected chi connectivity index (χ3v) is 1.25. The van der Waals surface area contributed by atoms with Crippen molar-refractivity contribution >= 4 is 11.7 Å². The van der Waals surface area contributed by atoms with Gasteiger partial charge in [-0.2, -0.15) is 0 Å². The molecule has 0 aliphatic heterocycles. The molecule has 12 heavy (non-hydrogen) atoms. The molecule has 1 rings (SSSR count). The van der Waals surface area contributed by atoms with Crippen LogP contribution in [-0.2, 0) is 4.79 Å². The van der Waals surface area contributed by atoms with E-state index < -0.39 is 0 Å². The first-order chi connectivity index (χ1) is 5.72. The molecule has 3 N–H and O–H groups in total. The van der Waals surface area contributed by atoms with Crippen LogP contribution in [0.2, 0.25) is 0 Å². The fourth-order valence-corrected chi connectivity index (χ4v) is 0.766. The highest BCUT2D eigenvalue weighted by Gasteiger charge is 2.02. The van der Waals surface area contributed by atoms with E-state index in [2.05, 4.69) is 15.5 Å². The van der Waals surface area contributed by atoms with Crippen molar-refractivity contribution in [2.24, 2.45) is 0 Å². The van der Waals surface area contributed by atoms with E-state index in [1.807, 2.05) is 6.92 Å². The highest BCUT2D eigenvalue weighted by Crippen LogP contribution is 1.98. The van der Waals surface area contributed by atoms with Crippen molar-refractivity contribution in [1.82, 2.24) is 15.1 Å². The Hall–Kier alpha value is -1.59. The van der Waals surface area contributed by atoms with Crippen LogP contribution in [0.3, 0.4) is 0 Å². The monoisotopic (exact) mass is 169 g/mol. The molecular weight excluding hydrogens is 158 g/mol. The summed E-state index contributed by atoms with van der Waals surface area (Å²) in [6.07, 6.45) is 2.69. The van der Waals surface area contributed by atoms with Crippen LogP contribution in [0.15, 0.2) is 6.20 Å². The number of nitrogens with two attached hydrogens (primary N) is 1. The first-order valence-corrected chi connectivity index (χ1v) is 3.69. The van der Waals surface area contributed by atoms with E-state index in [4.69, 9.17) is 5.84 Å². The van der Waals surface area contributed by atoms with Crippen molar-refractivity contribution in [1.29, 1.82) is 0 Å². The minimum atomic E-state index is -0.0713. The zero-order valence-electron chi connectivity index (χ0n) is 6.82. The van der Waals surface area contributed by atoms with Gasteiger partial charge >= 0.3 is 0 Å². The third-order valence-electron chi connectivity index (χ3n) is 1.25. The largest absolute Gasteiger partial charge is 0.308 e. The van der Waals surface area contributed by atoms with Gasteiger partial charge < -0.3 is 11.2 Å². The van der Waals surface area contributed by atoms with Gasteiger partial charge in [-0.15, -0.1) is 10.2 Å². The molecule has 0 unspecified atom stereocenters. The van der Waals surface area contributed by atoms with Crippen LogP contribution in [0.5, 0.6) is 0 Å². The van der Waals surface area contributed by atoms with Crippen LogP contribution >= 0.6 is 0 Å². The number of hydrogen-bond acceptors (Lipinski definition) is 4. The van der Waals surface area contributed by atoms with Gasteiger partial charge in [0.2, 0.25) is 5.91 Å². The number of aromatic nitrogens is 3. The Morgan fingerprint density at radius 1 is 1.83 bits per heavy atom. The minimum Gasteiger partial charge on any atom is -0.308 e. The number of rotatable bonds is 3. The second kappa shape index (κ2) is 3.70. The standard InChI is InChI=1S/C6H11N5O/c1-2-3-6(12)9-5-4-8-11(7)10-5/h4H,2-3,7H2,1H3,(H,9,10,12).